The molecule has 0 aromatic carbocycles. The summed E-state index contributed by atoms with van der Waals surface area (Å²) in [5, 5.41) is 6.17. The minimum Gasteiger partial charge on any atom is -0.338 e. The van der Waals surface area contributed by atoms with E-state index in [0.717, 1.165) is 0 Å². The smallest absolute Gasteiger partial charge is 0.262 e. The largest absolute Gasteiger partial charge is 0.338 e. The van der Waals surface area contributed by atoms with E-state index in [1.807, 2.05) is 0 Å². The van der Waals surface area contributed by atoms with Gasteiger partial charge in [-0.1, -0.05) is 5.16 Å². The second-order valence-electron chi connectivity index (χ2n) is 3.17. The molecule has 1 aliphatic heterocycles. The number of hydrogen-bond donors (Lipinski definition) is 1. The van der Waals surface area contributed by atoms with E-state index in [1.165, 1.54) is 0 Å². The number of aryl methyl sites for hydroxylation is 1. The van der Waals surface area contributed by atoms with Crippen molar-refractivity contribution < 1.29 is 13.3 Å². The topological polar surface area (TPSA) is 51.0 Å². The van der Waals surface area contributed by atoms with Gasteiger partial charge in [-0.05, 0) is 6.92 Å². The molecule has 0 bridgehead atoms. The lowest BCUT2D eigenvalue weighted by atomic mass is 10.2. The number of rotatable bonds is 1. The van der Waals surface area contributed by atoms with Crippen molar-refractivity contribution in [2.75, 3.05) is 6.54 Å². The third-order valence-corrected chi connectivity index (χ3v) is 1.95. The summed E-state index contributed by atoms with van der Waals surface area (Å²) in [5.41, 5.74) is 0. The average Bonchev–Trinajstić information content (AvgIpc) is 2.56. The van der Waals surface area contributed by atoms with Gasteiger partial charge in [-0.15, -0.1) is 0 Å². The summed E-state index contributed by atoms with van der Waals surface area (Å²) in [6, 6.07) is -0.504. The molecule has 0 unspecified atom stereocenters. The third-order valence-electron chi connectivity index (χ3n) is 1.95. The van der Waals surface area contributed by atoms with Gasteiger partial charge in [0.25, 0.3) is 5.92 Å². The van der Waals surface area contributed by atoms with Crippen LogP contribution in [-0.4, -0.2) is 22.6 Å². The fourth-order valence-corrected chi connectivity index (χ4v) is 1.34. The van der Waals surface area contributed by atoms with Gasteiger partial charge in [-0.3, -0.25) is 5.32 Å². The van der Waals surface area contributed by atoms with Crippen molar-refractivity contribution in [2.45, 2.75) is 25.3 Å². The van der Waals surface area contributed by atoms with E-state index in [0.29, 0.717) is 5.82 Å². The highest BCUT2D eigenvalue weighted by atomic mass is 19.3. The molecule has 1 fully saturated rings. The molecule has 72 valence electrons. The maximum Gasteiger partial charge on any atom is 0.262 e. The normalized spacial score (nSPS) is 26.5. The lowest BCUT2D eigenvalue weighted by Gasteiger charge is -2.04. The van der Waals surface area contributed by atoms with Crippen molar-refractivity contribution in [1.82, 2.24) is 15.5 Å². The molecule has 0 amide bonds. The Morgan fingerprint density at radius 1 is 1.62 bits per heavy atom. The summed E-state index contributed by atoms with van der Waals surface area (Å²) < 4.78 is 30.3. The molecule has 1 aliphatic rings. The standard InChI is InChI=1S/C7H9F2N3O/c1-4-11-6(13-12-4)5-2-7(8,9)3-10-5/h5,10H,2-3H2,1H3/t5-/m0/s1. The maximum absolute atomic E-state index is 12.7. The molecule has 1 aromatic rings. The van der Waals surface area contributed by atoms with Gasteiger partial charge in [-0.25, -0.2) is 8.78 Å². The summed E-state index contributed by atoms with van der Waals surface area (Å²) in [6.45, 7) is 1.33. The molecule has 1 saturated heterocycles. The molecular formula is C7H9F2N3O. The summed E-state index contributed by atoms with van der Waals surface area (Å²) in [7, 11) is 0. The Hall–Kier alpha value is -1.04. The van der Waals surface area contributed by atoms with E-state index in [1.54, 1.807) is 6.92 Å². The Morgan fingerprint density at radius 2 is 2.38 bits per heavy atom. The molecule has 1 aromatic heterocycles. The Balaban J connectivity index is 2.12. The van der Waals surface area contributed by atoms with Crippen molar-refractivity contribution in [3.8, 4) is 0 Å². The zero-order chi connectivity index (χ0) is 9.47. The van der Waals surface area contributed by atoms with Crippen LogP contribution in [0.5, 0.6) is 0 Å². The predicted octanol–water partition coefficient (Wildman–Crippen LogP) is 1.05. The molecule has 1 atom stereocenters. The molecule has 0 spiro atoms. The number of aromatic nitrogens is 2. The van der Waals surface area contributed by atoms with Crippen LogP contribution in [0.25, 0.3) is 0 Å². The monoisotopic (exact) mass is 189 g/mol. The molecule has 0 aliphatic carbocycles. The van der Waals surface area contributed by atoms with Gasteiger partial charge in [0.2, 0.25) is 5.89 Å². The minimum atomic E-state index is -2.66. The summed E-state index contributed by atoms with van der Waals surface area (Å²) in [6.07, 6.45) is -0.269. The van der Waals surface area contributed by atoms with Gasteiger partial charge in [0.05, 0.1) is 12.6 Å². The predicted molar refractivity (Wildman–Crippen MR) is 39.3 cm³/mol. The molecule has 6 heteroatoms. The summed E-state index contributed by atoms with van der Waals surface area (Å²) in [5.74, 6) is -1.95. The fraction of sp³-hybridized carbons (Fsp3) is 0.714. The third kappa shape index (κ3) is 1.67. The van der Waals surface area contributed by atoms with E-state index >= 15 is 0 Å². The van der Waals surface area contributed by atoms with E-state index in [2.05, 4.69) is 15.5 Å². The average molecular weight is 189 g/mol. The first kappa shape index (κ1) is 8.55. The van der Waals surface area contributed by atoms with Gasteiger partial charge < -0.3 is 4.52 Å². The van der Waals surface area contributed by atoms with Gasteiger partial charge in [0, 0.05) is 6.42 Å². The van der Waals surface area contributed by atoms with Crippen LogP contribution in [0.15, 0.2) is 4.52 Å². The van der Waals surface area contributed by atoms with Crippen LogP contribution in [0.1, 0.15) is 24.2 Å². The van der Waals surface area contributed by atoms with E-state index < -0.39 is 12.0 Å². The summed E-state index contributed by atoms with van der Waals surface area (Å²) >= 11 is 0. The van der Waals surface area contributed by atoms with Crippen LogP contribution in [0.4, 0.5) is 8.78 Å². The van der Waals surface area contributed by atoms with Crippen molar-refractivity contribution in [2.24, 2.45) is 0 Å². The highest BCUT2D eigenvalue weighted by molar-refractivity contribution is 4.98. The van der Waals surface area contributed by atoms with Crippen LogP contribution in [-0.2, 0) is 0 Å². The highest BCUT2D eigenvalue weighted by Gasteiger charge is 2.42. The first-order valence-corrected chi connectivity index (χ1v) is 3.98. The summed E-state index contributed by atoms with van der Waals surface area (Å²) in [4.78, 5) is 3.88. The number of alkyl halides is 2. The van der Waals surface area contributed by atoms with Crippen molar-refractivity contribution in [1.29, 1.82) is 0 Å². The molecular weight excluding hydrogens is 180 g/mol. The lowest BCUT2D eigenvalue weighted by Crippen LogP contribution is -2.19. The van der Waals surface area contributed by atoms with Crippen molar-refractivity contribution >= 4 is 0 Å². The number of hydrogen-bond acceptors (Lipinski definition) is 4. The van der Waals surface area contributed by atoms with E-state index in [9.17, 15) is 8.78 Å². The second-order valence-corrected chi connectivity index (χ2v) is 3.17. The Morgan fingerprint density at radius 3 is 2.85 bits per heavy atom. The maximum atomic E-state index is 12.7. The first-order chi connectivity index (χ1) is 6.07. The van der Waals surface area contributed by atoms with Crippen LogP contribution in [0.3, 0.4) is 0 Å². The van der Waals surface area contributed by atoms with E-state index in [-0.39, 0.29) is 18.9 Å². The minimum absolute atomic E-state index is 0.245. The molecule has 0 saturated carbocycles. The quantitative estimate of drug-likeness (QED) is 0.717. The van der Waals surface area contributed by atoms with Crippen molar-refractivity contribution in [3.63, 3.8) is 0 Å². The molecule has 2 rings (SSSR count). The van der Waals surface area contributed by atoms with Gasteiger partial charge in [0.1, 0.15) is 0 Å². The van der Waals surface area contributed by atoms with Gasteiger partial charge in [0.15, 0.2) is 5.82 Å². The molecule has 13 heavy (non-hydrogen) atoms. The SMILES string of the molecule is Cc1noc([C@@H]2CC(F)(F)CN2)n1. The zero-order valence-electron chi connectivity index (χ0n) is 7.05. The van der Waals surface area contributed by atoms with Gasteiger partial charge >= 0.3 is 0 Å². The Kier molecular flexibility index (Phi) is 1.80. The molecule has 1 N–H and O–H groups in total. The van der Waals surface area contributed by atoms with Gasteiger partial charge in [-0.2, -0.15) is 4.98 Å². The van der Waals surface area contributed by atoms with E-state index in [4.69, 9.17) is 4.52 Å². The van der Waals surface area contributed by atoms with Crippen LogP contribution < -0.4 is 5.32 Å². The zero-order valence-corrected chi connectivity index (χ0v) is 7.05. The Bertz CT molecular complexity index is 312. The molecule has 4 nitrogen and oxygen atoms in total. The van der Waals surface area contributed by atoms with Crippen LogP contribution in [0, 0.1) is 6.92 Å². The molecule has 0 radical (unpaired) electrons. The number of halogens is 2. The van der Waals surface area contributed by atoms with Crippen LogP contribution in [0.2, 0.25) is 0 Å². The number of nitrogens with one attached hydrogen (secondary N) is 1. The second kappa shape index (κ2) is 2.73. The lowest BCUT2D eigenvalue weighted by molar-refractivity contribution is 0.0200. The fourth-order valence-electron chi connectivity index (χ4n) is 1.34. The molecule has 2 heterocycles. The first-order valence-electron chi connectivity index (χ1n) is 3.98. The highest BCUT2D eigenvalue weighted by Crippen LogP contribution is 2.32. The number of nitrogens with zero attached hydrogens (tertiary/aromatic N) is 2. The van der Waals surface area contributed by atoms with Crippen LogP contribution >= 0.6 is 0 Å². The Labute approximate surface area is 73.3 Å². The van der Waals surface area contributed by atoms with Crippen molar-refractivity contribution in [3.05, 3.63) is 11.7 Å².